The zero-order valence-electron chi connectivity index (χ0n) is 22.3. The largest absolute Gasteiger partial charge is 0.412 e. The minimum atomic E-state index is -0.568. The van der Waals surface area contributed by atoms with Crippen LogP contribution in [0.1, 0.15) is 36.3 Å². The van der Waals surface area contributed by atoms with Crippen molar-refractivity contribution in [3.05, 3.63) is 88.8 Å². The molecule has 2 aliphatic heterocycles. The Bertz CT molecular complexity index is 1230. The molecule has 5 rings (SSSR count). The molecule has 2 saturated heterocycles. The van der Waals surface area contributed by atoms with Gasteiger partial charge in [-0.25, -0.2) is 14.2 Å². The first-order valence-electron chi connectivity index (χ1n) is 13.2. The van der Waals surface area contributed by atoms with E-state index in [4.69, 9.17) is 16.3 Å². The Labute approximate surface area is 233 Å². The molecule has 0 spiro atoms. The van der Waals surface area contributed by atoms with Crippen LogP contribution in [-0.2, 0) is 4.79 Å². The fraction of sp³-hybridized carbons (Fsp3) is 0.367. The fourth-order valence-corrected chi connectivity index (χ4v) is 5.01. The summed E-state index contributed by atoms with van der Waals surface area (Å²) < 4.78 is 17.1. The fourth-order valence-electron chi connectivity index (χ4n) is 4.89. The van der Waals surface area contributed by atoms with Gasteiger partial charge in [-0.05, 0) is 79.8 Å². The van der Waals surface area contributed by atoms with Gasteiger partial charge in [0.1, 0.15) is 17.4 Å². The maximum absolute atomic E-state index is 13.0. The highest BCUT2D eigenvalue weighted by molar-refractivity contribution is 6.30. The highest BCUT2D eigenvalue weighted by atomic mass is 35.5. The zero-order chi connectivity index (χ0) is 27.8. The number of hydrogen-bond donors (Lipinski definition) is 1. The summed E-state index contributed by atoms with van der Waals surface area (Å²) in [4.78, 5) is 32.5. The van der Waals surface area contributed by atoms with Gasteiger partial charge in [0.05, 0.1) is 0 Å². The third-order valence-corrected chi connectivity index (χ3v) is 7.39. The van der Waals surface area contributed by atoms with Gasteiger partial charge in [0.2, 0.25) is 5.91 Å². The molecule has 1 unspecified atom stereocenters. The molecule has 0 radical (unpaired) electrons. The molecule has 1 N–H and O–H groups in total. The number of carbonyl (C=O) groups is 2. The normalized spacial score (nSPS) is 17.3. The summed E-state index contributed by atoms with van der Waals surface area (Å²) in [6.07, 6.45) is 4.21. The molecule has 0 bridgehead atoms. The second-order valence-corrected chi connectivity index (χ2v) is 10.3. The smallest absolute Gasteiger partial charge is 0.410 e. The monoisotopic (exact) mass is 552 g/mol. The first-order chi connectivity index (χ1) is 18.8. The van der Waals surface area contributed by atoms with Gasteiger partial charge in [-0.2, -0.15) is 0 Å². The Morgan fingerprint density at radius 3 is 2.28 bits per heavy atom. The molecule has 1 aromatic heterocycles. The van der Waals surface area contributed by atoms with Gasteiger partial charge >= 0.3 is 6.09 Å². The minimum Gasteiger partial charge on any atom is -0.410 e. The van der Waals surface area contributed by atoms with Crippen molar-refractivity contribution in [2.75, 3.05) is 38.1 Å². The third kappa shape index (κ3) is 7.93. The number of ether oxygens (including phenoxy) is 1. The van der Waals surface area contributed by atoms with Crippen molar-refractivity contribution in [3.8, 4) is 5.75 Å². The van der Waals surface area contributed by atoms with Crippen LogP contribution in [0.2, 0.25) is 5.02 Å². The van der Waals surface area contributed by atoms with E-state index < -0.39 is 6.09 Å². The summed E-state index contributed by atoms with van der Waals surface area (Å²) in [6, 6.07) is 17.4. The Morgan fingerprint density at radius 1 is 0.974 bits per heavy atom. The Kier molecular flexibility index (Phi) is 9.76. The van der Waals surface area contributed by atoms with Gasteiger partial charge in [0.25, 0.3) is 0 Å². The maximum atomic E-state index is 13.0. The number of hydrogen-bond acceptors (Lipinski definition) is 5. The second kappa shape index (κ2) is 13.4. The number of anilines is 1. The number of likely N-dealkylation sites (tertiary alicyclic amines) is 1. The van der Waals surface area contributed by atoms with Gasteiger partial charge < -0.3 is 19.9 Å². The van der Waals surface area contributed by atoms with E-state index in [9.17, 15) is 14.0 Å². The molecule has 0 saturated carbocycles. The first kappa shape index (κ1) is 28.4. The Hall–Kier alpha value is -3.65. The SMILES string of the molecule is CNC(=O)Oc1ccc(F)cc1.Cc1ccc(N2CCC(C(=O)N3CCC(c4ccc(Cl)cc4)C3)CC2)nc1. The zero-order valence-corrected chi connectivity index (χ0v) is 23.0. The molecule has 1 atom stereocenters. The van der Waals surface area contributed by atoms with E-state index >= 15 is 0 Å². The average molecular weight is 553 g/mol. The molecular weight excluding hydrogens is 519 g/mol. The van der Waals surface area contributed by atoms with E-state index in [1.165, 1.54) is 42.4 Å². The molecular formula is C30H34ClFN4O3. The summed E-state index contributed by atoms with van der Waals surface area (Å²) >= 11 is 5.99. The van der Waals surface area contributed by atoms with Crippen LogP contribution in [0.25, 0.3) is 0 Å². The lowest BCUT2D eigenvalue weighted by Gasteiger charge is -2.34. The standard InChI is InChI=1S/C22H26ClN3O.C8H8FNO2/c1-16-2-7-21(24-14-16)25-11-8-18(9-12-25)22(27)26-13-10-19(15-26)17-3-5-20(23)6-4-17;1-10-8(11)12-7-4-2-6(9)3-5-7/h2-7,14,18-19H,8-13,15H2,1H3;2-5H,1H3,(H,10,11). The van der Waals surface area contributed by atoms with Gasteiger partial charge in [0, 0.05) is 56.3 Å². The van der Waals surface area contributed by atoms with Gasteiger partial charge in [0.15, 0.2) is 0 Å². The average Bonchev–Trinajstić information content (AvgIpc) is 3.45. The number of pyridine rings is 1. The van der Waals surface area contributed by atoms with Crippen LogP contribution in [0.15, 0.2) is 66.9 Å². The number of aromatic nitrogens is 1. The van der Waals surface area contributed by atoms with Crippen molar-refractivity contribution in [1.82, 2.24) is 15.2 Å². The highest BCUT2D eigenvalue weighted by Crippen LogP contribution is 2.31. The minimum absolute atomic E-state index is 0.149. The van der Waals surface area contributed by atoms with Crippen LogP contribution in [0.4, 0.5) is 15.0 Å². The molecule has 0 aliphatic carbocycles. The van der Waals surface area contributed by atoms with Crippen molar-refractivity contribution < 1.29 is 18.7 Å². The lowest BCUT2D eigenvalue weighted by molar-refractivity contribution is -0.135. The Balaban J connectivity index is 0.000000247. The van der Waals surface area contributed by atoms with Crippen molar-refractivity contribution in [2.24, 2.45) is 5.92 Å². The van der Waals surface area contributed by atoms with E-state index in [0.29, 0.717) is 17.6 Å². The van der Waals surface area contributed by atoms with Crippen LogP contribution in [-0.4, -0.2) is 55.1 Å². The van der Waals surface area contributed by atoms with E-state index in [1.54, 1.807) is 0 Å². The quantitative estimate of drug-likeness (QED) is 0.441. The van der Waals surface area contributed by atoms with Crippen molar-refractivity contribution in [1.29, 1.82) is 0 Å². The first-order valence-corrected chi connectivity index (χ1v) is 13.6. The number of piperidine rings is 1. The molecule has 7 nitrogen and oxygen atoms in total. The molecule has 206 valence electrons. The summed E-state index contributed by atoms with van der Waals surface area (Å²) in [5, 5.41) is 3.04. The number of nitrogens with zero attached hydrogens (tertiary/aromatic N) is 3. The molecule has 3 heterocycles. The summed E-state index contributed by atoms with van der Waals surface area (Å²) in [7, 11) is 1.45. The summed E-state index contributed by atoms with van der Waals surface area (Å²) in [6.45, 7) is 5.56. The number of rotatable bonds is 4. The molecule has 2 aromatic carbocycles. The van der Waals surface area contributed by atoms with Crippen LogP contribution in [0.5, 0.6) is 5.75 Å². The number of benzene rings is 2. The van der Waals surface area contributed by atoms with Crippen LogP contribution in [0, 0.1) is 18.7 Å². The summed E-state index contributed by atoms with van der Waals surface area (Å²) in [5.74, 6) is 1.90. The van der Waals surface area contributed by atoms with Crippen LogP contribution in [0.3, 0.4) is 0 Å². The number of halogens is 2. The molecule has 39 heavy (non-hydrogen) atoms. The second-order valence-electron chi connectivity index (χ2n) is 9.87. The number of amides is 2. The van der Waals surface area contributed by atoms with Gasteiger partial charge in [-0.1, -0.05) is 29.8 Å². The Morgan fingerprint density at radius 2 is 1.67 bits per heavy atom. The predicted octanol–water partition coefficient (Wildman–Crippen LogP) is 5.82. The number of aryl methyl sites for hydroxylation is 1. The number of nitrogens with one attached hydrogen (secondary N) is 1. The van der Waals surface area contributed by atoms with E-state index in [0.717, 1.165) is 56.3 Å². The molecule has 2 aliphatic rings. The van der Waals surface area contributed by atoms with Crippen molar-refractivity contribution in [2.45, 2.75) is 32.1 Å². The molecule has 3 aromatic rings. The molecule has 2 fully saturated rings. The van der Waals surface area contributed by atoms with Crippen LogP contribution < -0.4 is 15.0 Å². The van der Waals surface area contributed by atoms with Crippen LogP contribution >= 0.6 is 11.6 Å². The van der Waals surface area contributed by atoms with Crippen molar-refractivity contribution >= 4 is 29.4 Å². The lowest BCUT2D eigenvalue weighted by atomic mass is 9.95. The topological polar surface area (TPSA) is 74.8 Å². The van der Waals surface area contributed by atoms with E-state index in [2.05, 4.69) is 51.3 Å². The predicted molar refractivity (Wildman–Crippen MR) is 151 cm³/mol. The lowest BCUT2D eigenvalue weighted by Crippen LogP contribution is -2.42. The van der Waals surface area contributed by atoms with Gasteiger partial charge in [-0.15, -0.1) is 0 Å². The molecule has 9 heteroatoms. The van der Waals surface area contributed by atoms with Gasteiger partial charge in [-0.3, -0.25) is 4.79 Å². The van der Waals surface area contributed by atoms with Crippen molar-refractivity contribution in [3.63, 3.8) is 0 Å². The van der Waals surface area contributed by atoms with E-state index in [1.807, 2.05) is 18.3 Å². The third-order valence-electron chi connectivity index (χ3n) is 7.13. The number of carbonyl (C=O) groups excluding carboxylic acids is 2. The highest BCUT2D eigenvalue weighted by Gasteiger charge is 2.33. The van der Waals surface area contributed by atoms with E-state index in [-0.39, 0.29) is 11.7 Å². The molecule has 2 amide bonds. The summed E-state index contributed by atoms with van der Waals surface area (Å²) in [5.41, 5.74) is 2.46. The maximum Gasteiger partial charge on any atom is 0.412 e.